The summed E-state index contributed by atoms with van der Waals surface area (Å²) in [6.07, 6.45) is 5.88. The maximum Gasteiger partial charge on any atom is 0.225 e. The van der Waals surface area contributed by atoms with Gasteiger partial charge in [-0.05, 0) is 12.8 Å². The van der Waals surface area contributed by atoms with Crippen LogP contribution in [0.5, 0.6) is 0 Å². The van der Waals surface area contributed by atoms with Crippen LogP contribution in [0.2, 0.25) is 0 Å². The predicted octanol–water partition coefficient (Wildman–Crippen LogP) is 2.03. The molecule has 2 fully saturated rings. The Hall–Kier alpha value is -0.280. The molecule has 1 saturated carbocycles. The number of hydrogen-bond acceptors (Lipinski definition) is 2. The van der Waals surface area contributed by atoms with Crippen molar-refractivity contribution in [3.63, 3.8) is 0 Å². The maximum absolute atomic E-state index is 12.2. The van der Waals surface area contributed by atoms with Crippen LogP contribution in [0.3, 0.4) is 0 Å². The van der Waals surface area contributed by atoms with Gasteiger partial charge in [-0.15, -0.1) is 11.6 Å². The lowest BCUT2D eigenvalue weighted by Gasteiger charge is -2.35. The maximum atomic E-state index is 12.2. The van der Waals surface area contributed by atoms with Crippen LogP contribution in [0.25, 0.3) is 0 Å². The van der Waals surface area contributed by atoms with E-state index in [0.29, 0.717) is 24.9 Å². The predicted molar refractivity (Wildman–Crippen MR) is 63.6 cm³/mol. The van der Waals surface area contributed by atoms with Gasteiger partial charge in [-0.25, -0.2) is 0 Å². The Balaban J connectivity index is 1.87. The van der Waals surface area contributed by atoms with Gasteiger partial charge in [0, 0.05) is 19.0 Å². The van der Waals surface area contributed by atoms with E-state index in [9.17, 15) is 4.79 Å². The summed E-state index contributed by atoms with van der Waals surface area (Å²) in [5.41, 5.74) is 0. The van der Waals surface area contributed by atoms with Gasteiger partial charge in [0.15, 0.2) is 0 Å². The number of halogens is 1. The van der Waals surface area contributed by atoms with Crippen molar-refractivity contribution >= 4 is 17.5 Å². The van der Waals surface area contributed by atoms with E-state index in [-0.39, 0.29) is 12.0 Å². The minimum Gasteiger partial charge on any atom is -0.373 e. The van der Waals surface area contributed by atoms with E-state index in [1.807, 2.05) is 4.90 Å². The molecular formula is C12H20ClNO2. The first kappa shape index (κ1) is 12.2. The molecule has 92 valence electrons. The molecule has 0 radical (unpaired) electrons. The normalized spacial score (nSPS) is 28.1. The van der Waals surface area contributed by atoms with Gasteiger partial charge in [-0.1, -0.05) is 19.3 Å². The molecule has 1 aliphatic carbocycles. The van der Waals surface area contributed by atoms with Gasteiger partial charge in [0.2, 0.25) is 5.91 Å². The Kier molecular flexibility index (Phi) is 4.47. The number of carbonyl (C=O) groups is 1. The summed E-state index contributed by atoms with van der Waals surface area (Å²) in [6.45, 7) is 2.05. The third-order valence-electron chi connectivity index (χ3n) is 3.58. The van der Waals surface area contributed by atoms with Crippen LogP contribution >= 0.6 is 11.6 Å². The quantitative estimate of drug-likeness (QED) is 0.697. The van der Waals surface area contributed by atoms with Gasteiger partial charge >= 0.3 is 0 Å². The zero-order chi connectivity index (χ0) is 11.4. The molecule has 1 heterocycles. The van der Waals surface area contributed by atoms with Crippen molar-refractivity contribution < 1.29 is 9.53 Å². The van der Waals surface area contributed by atoms with Crippen molar-refractivity contribution in [3.8, 4) is 0 Å². The van der Waals surface area contributed by atoms with Gasteiger partial charge in [0.1, 0.15) is 0 Å². The highest BCUT2D eigenvalue weighted by Crippen LogP contribution is 2.26. The Morgan fingerprint density at radius 2 is 2.06 bits per heavy atom. The van der Waals surface area contributed by atoms with E-state index in [1.165, 1.54) is 19.3 Å². The van der Waals surface area contributed by atoms with E-state index in [4.69, 9.17) is 16.3 Å². The lowest BCUT2D eigenvalue weighted by Crippen LogP contribution is -2.48. The number of alkyl halides is 1. The van der Waals surface area contributed by atoms with Crippen LogP contribution in [-0.2, 0) is 9.53 Å². The fraction of sp³-hybridized carbons (Fsp3) is 0.917. The molecule has 1 amide bonds. The van der Waals surface area contributed by atoms with Crippen molar-refractivity contribution in [3.05, 3.63) is 0 Å². The van der Waals surface area contributed by atoms with Crippen molar-refractivity contribution in [1.29, 1.82) is 0 Å². The third kappa shape index (κ3) is 2.89. The number of carbonyl (C=O) groups excluding carboxylic acids is 1. The molecule has 1 atom stereocenters. The monoisotopic (exact) mass is 245 g/mol. The lowest BCUT2D eigenvalue weighted by molar-refractivity contribution is -0.143. The molecule has 0 spiro atoms. The minimum atomic E-state index is 0.0305. The van der Waals surface area contributed by atoms with E-state index in [0.717, 1.165) is 19.4 Å². The number of amides is 1. The Bertz CT molecular complexity index is 241. The summed E-state index contributed by atoms with van der Waals surface area (Å²) in [4.78, 5) is 14.2. The third-order valence-corrected chi connectivity index (χ3v) is 3.92. The highest BCUT2D eigenvalue weighted by Gasteiger charge is 2.29. The van der Waals surface area contributed by atoms with Crippen LogP contribution in [0.1, 0.15) is 32.1 Å². The molecule has 0 N–H and O–H groups in total. The summed E-state index contributed by atoms with van der Waals surface area (Å²) < 4.78 is 5.47. The van der Waals surface area contributed by atoms with Crippen LogP contribution < -0.4 is 0 Å². The minimum absolute atomic E-state index is 0.0305. The van der Waals surface area contributed by atoms with Crippen LogP contribution in [0.4, 0.5) is 0 Å². The summed E-state index contributed by atoms with van der Waals surface area (Å²) in [7, 11) is 0. The van der Waals surface area contributed by atoms with Crippen molar-refractivity contribution in [2.24, 2.45) is 5.92 Å². The van der Waals surface area contributed by atoms with Gasteiger partial charge in [-0.2, -0.15) is 0 Å². The molecule has 1 saturated heterocycles. The van der Waals surface area contributed by atoms with E-state index < -0.39 is 0 Å². The summed E-state index contributed by atoms with van der Waals surface area (Å²) in [5.74, 6) is 1.08. The summed E-state index contributed by atoms with van der Waals surface area (Å²) in [6, 6.07) is 0. The molecule has 2 rings (SSSR count). The second kappa shape index (κ2) is 5.87. The standard InChI is InChI=1S/C12H20ClNO2/c13-8-11-9-14(6-7-16-11)12(15)10-4-2-1-3-5-10/h10-11H,1-9H2. The van der Waals surface area contributed by atoms with Gasteiger partial charge < -0.3 is 9.64 Å². The first-order valence-electron chi connectivity index (χ1n) is 6.27. The van der Waals surface area contributed by atoms with Crippen LogP contribution in [0, 0.1) is 5.92 Å². The molecule has 3 nitrogen and oxygen atoms in total. The average Bonchev–Trinajstić information content (AvgIpc) is 2.39. The number of morpholine rings is 1. The highest BCUT2D eigenvalue weighted by molar-refractivity contribution is 6.18. The summed E-state index contributed by atoms with van der Waals surface area (Å²) >= 11 is 5.77. The fourth-order valence-electron chi connectivity index (χ4n) is 2.62. The highest BCUT2D eigenvalue weighted by atomic mass is 35.5. The number of hydrogen-bond donors (Lipinski definition) is 0. The largest absolute Gasteiger partial charge is 0.373 e. The topological polar surface area (TPSA) is 29.5 Å². The molecule has 0 aromatic heterocycles. The molecule has 0 aromatic rings. The van der Waals surface area contributed by atoms with Gasteiger partial charge in [0.25, 0.3) is 0 Å². The van der Waals surface area contributed by atoms with Gasteiger partial charge in [0.05, 0.1) is 18.6 Å². The fourth-order valence-corrected chi connectivity index (χ4v) is 2.81. The number of ether oxygens (including phenoxy) is 1. The SMILES string of the molecule is O=C(C1CCCCC1)N1CCOC(CCl)C1. The lowest BCUT2D eigenvalue weighted by atomic mass is 9.88. The Labute approximate surface area is 102 Å². The molecule has 2 aliphatic rings. The van der Waals surface area contributed by atoms with Crippen LogP contribution in [-0.4, -0.2) is 42.5 Å². The zero-order valence-electron chi connectivity index (χ0n) is 9.66. The molecular weight excluding hydrogens is 226 g/mol. The number of nitrogens with zero attached hydrogens (tertiary/aromatic N) is 1. The molecule has 1 unspecified atom stereocenters. The number of rotatable bonds is 2. The Morgan fingerprint density at radius 1 is 1.31 bits per heavy atom. The van der Waals surface area contributed by atoms with Crippen molar-refractivity contribution in [1.82, 2.24) is 4.90 Å². The molecule has 4 heteroatoms. The molecule has 0 aromatic carbocycles. The average molecular weight is 246 g/mol. The van der Waals surface area contributed by atoms with Crippen LogP contribution in [0.15, 0.2) is 0 Å². The molecule has 1 aliphatic heterocycles. The summed E-state index contributed by atoms with van der Waals surface area (Å²) in [5, 5.41) is 0. The Morgan fingerprint density at radius 3 is 2.75 bits per heavy atom. The molecule has 0 bridgehead atoms. The second-order valence-electron chi connectivity index (χ2n) is 4.77. The van der Waals surface area contributed by atoms with Crippen molar-refractivity contribution in [2.75, 3.05) is 25.6 Å². The van der Waals surface area contributed by atoms with Gasteiger partial charge in [-0.3, -0.25) is 4.79 Å². The van der Waals surface area contributed by atoms with E-state index >= 15 is 0 Å². The first-order chi connectivity index (χ1) is 7.81. The van der Waals surface area contributed by atoms with Crippen molar-refractivity contribution in [2.45, 2.75) is 38.2 Å². The first-order valence-corrected chi connectivity index (χ1v) is 6.81. The van der Waals surface area contributed by atoms with E-state index in [2.05, 4.69) is 0 Å². The van der Waals surface area contributed by atoms with E-state index in [1.54, 1.807) is 0 Å². The second-order valence-corrected chi connectivity index (χ2v) is 5.07. The zero-order valence-corrected chi connectivity index (χ0v) is 10.4. The molecule has 16 heavy (non-hydrogen) atoms. The smallest absolute Gasteiger partial charge is 0.225 e.